The number of rotatable bonds is 2. The summed E-state index contributed by atoms with van der Waals surface area (Å²) in [7, 11) is 0. The Morgan fingerprint density at radius 3 is 1.92 bits per heavy atom. The average molecular weight is 442 g/mol. The van der Waals surface area contributed by atoms with Crippen LogP contribution in [0.5, 0.6) is 0 Å². The molecule has 1 saturated heterocycles. The lowest BCUT2D eigenvalue weighted by atomic mass is 10.1. The number of halogens is 3. The van der Waals surface area contributed by atoms with Crippen molar-refractivity contribution in [2.45, 2.75) is 0 Å². The van der Waals surface area contributed by atoms with Crippen molar-refractivity contribution in [3.8, 4) is 0 Å². The molecule has 1 aliphatic heterocycles. The van der Waals surface area contributed by atoms with Crippen molar-refractivity contribution in [3.05, 3.63) is 68.1 Å². The molecule has 7 heteroatoms. The van der Waals surface area contributed by atoms with Gasteiger partial charge in [-0.3, -0.25) is 9.59 Å². The van der Waals surface area contributed by atoms with Crippen molar-refractivity contribution in [2.75, 3.05) is 26.2 Å². The first-order valence-electron chi connectivity index (χ1n) is 7.75. The molecule has 1 heterocycles. The summed E-state index contributed by atoms with van der Waals surface area (Å²) in [6.07, 6.45) is 0. The maximum absolute atomic E-state index is 12.6. The Bertz CT molecular complexity index is 800. The minimum absolute atomic E-state index is 0.0367. The highest BCUT2D eigenvalue weighted by molar-refractivity contribution is 9.10. The zero-order chi connectivity index (χ0) is 18.0. The molecular formula is C18H15BrCl2N2O2. The molecule has 0 bridgehead atoms. The highest BCUT2D eigenvalue weighted by Crippen LogP contribution is 2.22. The van der Waals surface area contributed by atoms with E-state index >= 15 is 0 Å². The fraction of sp³-hybridized carbons (Fsp3) is 0.222. The van der Waals surface area contributed by atoms with Gasteiger partial charge in [0.2, 0.25) is 0 Å². The third kappa shape index (κ3) is 4.17. The van der Waals surface area contributed by atoms with Crippen LogP contribution in [0, 0.1) is 0 Å². The van der Waals surface area contributed by atoms with Gasteiger partial charge in [-0.05, 0) is 46.3 Å². The molecular weight excluding hydrogens is 427 g/mol. The van der Waals surface area contributed by atoms with Gasteiger partial charge in [-0.15, -0.1) is 0 Å². The summed E-state index contributed by atoms with van der Waals surface area (Å²) in [5.41, 5.74) is 1.09. The highest BCUT2D eigenvalue weighted by atomic mass is 79.9. The van der Waals surface area contributed by atoms with Crippen molar-refractivity contribution in [1.82, 2.24) is 9.80 Å². The first-order valence-corrected chi connectivity index (χ1v) is 9.30. The van der Waals surface area contributed by atoms with Gasteiger partial charge >= 0.3 is 0 Å². The van der Waals surface area contributed by atoms with E-state index in [9.17, 15) is 9.59 Å². The summed E-state index contributed by atoms with van der Waals surface area (Å²) in [5, 5.41) is 0.859. The van der Waals surface area contributed by atoms with Crippen LogP contribution in [0.25, 0.3) is 0 Å². The van der Waals surface area contributed by atoms with Crippen LogP contribution in [0.4, 0.5) is 0 Å². The van der Waals surface area contributed by atoms with Gasteiger partial charge in [0.15, 0.2) is 0 Å². The fourth-order valence-electron chi connectivity index (χ4n) is 2.78. The van der Waals surface area contributed by atoms with Crippen molar-refractivity contribution >= 4 is 50.9 Å². The minimum atomic E-state index is -0.127. The van der Waals surface area contributed by atoms with Crippen LogP contribution < -0.4 is 0 Å². The molecule has 4 nitrogen and oxygen atoms in total. The van der Waals surface area contributed by atoms with Crippen LogP contribution >= 0.6 is 39.1 Å². The van der Waals surface area contributed by atoms with E-state index in [0.29, 0.717) is 47.4 Å². The highest BCUT2D eigenvalue weighted by Gasteiger charge is 2.26. The topological polar surface area (TPSA) is 40.6 Å². The summed E-state index contributed by atoms with van der Waals surface area (Å²) in [6.45, 7) is 1.92. The van der Waals surface area contributed by atoms with E-state index in [1.54, 1.807) is 34.1 Å². The van der Waals surface area contributed by atoms with Crippen LogP contribution in [-0.4, -0.2) is 47.8 Å². The van der Waals surface area contributed by atoms with Gasteiger partial charge in [-0.2, -0.15) is 0 Å². The van der Waals surface area contributed by atoms with Gasteiger partial charge in [-0.1, -0.05) is 35.3 Å². The predicted molar refractivity (Wildman–Crippen MR) is 102 cm³/mol. The van der Waals surface area contributed by atoms with Gasteiger partial charge < -0.3 is 9.80 Å². The Kier molecular flexibility index (Phi) is 5.67. The van der Waals surface area contributed by atoms with E-state index in [0.717, 1.165) is 4.47 Å². The zero-order valence-corrected chi connectivity index (χ0v) is 16.3. The molecule has 25 heavy (non-hydrogen) atoms. The van der Waals surface area contributed by atoms with E-state index in [1.807, 2.05) is 18.2 Å². The second kappa shape index (κ2) is 7.77. The van der Waals surface area contributed by atoms with Gasteiger partial charge in [-0.25, -0.2) is 0 Å². The fourth-order valence-corrected chi connectivity index (χ4v) is 3.76. The van der Waals surface area contributed by atoms with Crippen molar-refractivity contribution < 1.29 is 9.59 Å². The van der Waals surface area contributed by atoms with Crippen LogP contribution in [0.1, 0.15) is 20.7 Å². The lowest BCUT2D eigenvalue weighted by Crippen LogP contribution is -2.50. The molecule has 0 radical (unpaired) electrons. The summed E-state index contributed by atoms with van der Waals surface area (Å²) >= 11 is 15.3. The van der Waals surface area contributed by atoms with E-state index in [4.69, 9.17) is 23.2 Å². The number of benzene rings is 2. The van der Waals surface area contributed by atoms with Crippen molar-refractivity contribution in [2.24, 2.45) is 0 Å². The molecule has 1 aliphatic rings. The smallest absolute Gasteiger partial charge is 0.255 e. The number of carbonyl (C=O) groups is 2. The molecule has 3 rings (SSSR count). The molecule has 2 aromatic carbocycles. The van der Waals surface area contributed by atoms with Gasteiger partial charge in [0.05, 0.1) is 5.56 Å². The normalized spacial score (nSPS) is 14.5. The quantitative estimate of drug-likeness (QED) is 0.694. The lowest BCUT2D eigenvalue weighted by molar-refractivity contribution is 0.0535. The van der Waals surface area contributed by atoms with E-state index in [2.05, 4.69) is 15.9 Å². The van der Waals surface area contributed by atoms with Crippen LogP contribution in [-0.2, 0) is 0 Å². The molecule has 0 spiro atoms. The molecule has 130 valence electrons. The van der Waals surface area contributed by atoms with Crippen LogP contribution in [0.2, 0.25) is 10.0 Å². The van der Waals surface area contributed by atoms with Gasteiger partial charge in [0.25, 0.3) is 11.8 Å². The van der Waals surface area contributed by atoms with E-state index < -0.39 is 0 Å². The number of hydrogen-bond acceptors (Lipinski definition) is 2. The van der Waals surface area contributed by atoms with E-state index in [-0.39, 0.29) is 11.8 Å². The Hall–Kier alpha value is -1.56. The molecule has 2 aromatic rings. The lowest BCUT2D eigenvalue weighted by Gasteiger charge is -2.35. The number of nitrogens with zero attached hydrogens (tertiary/aromatic N) is 2. The zero-order valence-electron chi connectivity index (χ0n) is 13.2. The molecule has 0 atom stereocenters. The number of piperazine rings is 1. The first-order chi connectivity index (χ1) is 12.0. The molecule has 1 fully saturated rings. The Labute approximate surface area is 164 Å². The third-order valence-electron chi connectivity index (χ3n) is 4.07. The number of hydrogen-bond donors (Lipinski definition) is 0. The molecule has 0 saturated carbocycles. The predicted octanol–water partition coefficient (Wildman–Crippen LogP) is 4.35. The van der Waals surface area contributed by atoms with Crippen LogP contribution in [0.3, 0.4) is 0 Å². The molecule has 2 amide bonds. The largest absolute Gasteiger partial charge is 0.335 e. The molecule has 0 unspecified atom stereocenters. The first kappa shape index (κ1) is 18.2. The van der Waals surface area contributed by atoms with Crippen molar-refractivity contribution in [3.63, 3.8) is 0 Å². The summed E-state index contributed by atoms with van der Waals surface area (Å²) in [6, 6.07) is 12.1. The maximum Gasteiger partial charge on any atom is 0.255 e. The summed E-state index contributed by atoms with van der Waals surface area (Å²) < 4.78 is 0.770. The second-order valence-electron chi connectivity index (χ2n) is 5.72. The van der Waals surface area contributed by atoms with E-state index in [1.165, 1.54) is 0 Å². The third-order valence-corrected chi connectivity index (χ3v) is 5.20. The van der Waals surface area contributed by atoms with Gasteiger partial charge in [0, 0.05) is 46.3 Å². The van der Waals surface area contributed by atoms with Crippen molar-refractivity contribution in [1.29, 1.82) is 0 Å². The molecule has 0 aliphatic carbocycles. The number of amides is 2. The average Bonchev–Trinajstić information content (AvgIpc) is 2.60. The maximum atomic E-state index is 12.6. The van der Waals surface area contributed by atoms with Crippen LogP contribution in [0.15, 0.2) is 46.9 Å². The second-order valence-corrected chi connectivity index (χ2v) is 7.45. The SMILES string of the molecule is O=C(c1cc(Cl)cc(Cl)c1)N1CCN(C(=O)c2ccccc2Br)CC1. The standard InChI is InChI=1S/C18H15BrCl2N2O2/c19-16-4-2-1-3-15(16)18(25)23-7-5-22(6-8-23)17(24)12-9-13(20)11-14(21)10-12/h1-4,9-11H,5-8H2. The monoisotopic (exact) mass is 440 g/mol. The summed E-state index contributed by atoms with van der Waals surface area (Å²) in [4.78, 5) is 28.7. The Morgan fingerprint density at radius 1 is 0.840 bits per heavy atom. The minimum Gasteiger partial charge on any atom is -0.335 e. The van der Waals surface area contributed by atoms with Gasteiger partial charge in [0.1, 0.15) is 0 Å². The number of carbonyl (C=O) groups excluding carboxylic acids is 2. The molecule has 0 aromatic heterocycles. The summed E-state index contributed by atoms with van der Waals surface area (Å²) in [5.74, 6) is -0.164. The Morgan fingerprint density at radius 2 is 1.36 bits per heavy atom. The Balaban J connectivity index is 1.66. The molecule has 0 N–H and O–H groups in total.